The van der Waals surface area contributed by atoms with Crippen molar-refractivity contribution >= 4 is 17.3 Å². The van der Waals surface area contributed by atoms with E-state index in [2.05, 4.69) is 10.2 Å². The largest absolute Gasteiger partial charge is 0.398 e. The quantitative estimate of drug-likeness (QED) is 0.690. The van der Waals surface area contributed by atoms with E-state index in [0.29, 0.717) is 6.54 Å². The molecule has 0 spiro atoms. The van der Waals surface area contributed by atoms with E-state index in [1.165, 1.54) is 0 Å². The summed E-state index contributed by atoms with van der Waals surface area (Å²) >= 11 is 0. The lowest BCUT2D eigenvalue weighted by Gasteiger charge is -2.23. The van der Waals surface area contributed by atoms with Gasteiger partial charge in [0.15, 0.2) is 0 Å². The smallest absolute Gasteiger partial charge is 0.239 e. The molecule has 1 aromatic rings. The summed E-state index contributed by atoms with van der Waals surface area (Å²) in [6, 6.07) is 5.83. The number of carbonyl (C=O) groups excluding carboxylic acids is 1. The summed E-state index contributed by atoms with van der Waals surface area (Å²) in [4.78, 5) is 13.6. The van der Waals surface area contributed by atoms with Crippen LogP contribution in [0.15, 0.2) is 18.2 Å². The van der Waals surface area contributed by atoms with Crippen molar-refractivity contribution in [2.75, 3.05) is 30.3 Å². The van der Waals surface area contributed by atoms with Crippen LogP contribution in [0.1, 0.15) is 12.0 Å². The molecule has 1 saturated heterocycles. The van der Waals surface area contributed by atoms with Gasteiger partial charge in [-0.1, -0.05) is 6.07 Å². The lowest BCUT2D eigenvalue weighted by Crippen LogP contribution is -2.33. The average molecular weight is 219 g/mol. The summed E-state index contributed by atoms with van der Waals surface area (Å²) in [6.07, 6.45) is 0.972. The summed E-state index contributed by atoms with van der Waals surface area (Å²) in [5, 5.41) is 2.87. The molecule has 1 heterocycles. The molecule has 86 valence electrons. The van der Waals surface area contributed by atoms with E-state index in [9.17, 15) is 4.79 Å². The number of benzene rings is 1. The van der Waals surface area contributed by atoms with E-state index in [1.807, 2.05) is 25.1 Å². The van der Waals surface area contributed by atoms with Crippen LogP contribution in [0.3, 0.4) is 0 Å². The summed E-state index contributed by atoms with van der Waals surface area (Å²) in [7, 11) is 0. The van der Waals surface area contributed by atoms with Crippen molar-refractivity contribution in [3.8, 4) is 0 Å². The summed E-state index contributed by atoms with van der Waals surface area (Å²) in [6.45, 7) is 4.07. The minimum Gasteiger partial charge on any atom is -0.398 e. The lowest BCUT2D eigenvalue weighted by molar-refractivity contribution is -0.119. The standard InChI is InChI=1S/C12H17N3O/c1-9-10(13)4-2-5-11(9)15-7-3-6-14-12(16)8-15/h2,4-5H,3,6-8,13H2,1H3,(H,14,16). The minimum atomic E-state index is 0.0827. The highest BCUT2D eigenvalue weighted by Gasteiger charge is 2.16. The number of hydrogen-bond acceptors (Lipinski definition) is 3. The van der Waals surface area contributed by atoms with Crippen molar-refractivity contribution in [3.63, 3.8) is 0 Å². The third-order valence-electron chi connectivity index (χ3n) is 2.95. The van der Waals surface area contributed by atoms with Gasteiger partial charge in [-0.3, -0.25) is 4.79 Å². The number of rotatable bonds is 1. The number of nitrogen functional groups attached to an aromatic ring is 1. The summed E-state index contributed by atoms with van der Waals surface area (Å²) in [5.74, 6) is 0.0827. The van der Waals surface area contributed by atoms with E-state index < -0.39 is 0 Å². The highest BCUT2D eigenvalue weighted by atomic mass is 16.2. The third-order valence-corrected chi connectivity index (χ3v) is 2.95. The van der Waals surface area contributed by atoms with Gasteiger partial charge < -0.3 is 16.0 Å². The van der Waals surface area contributed by atoms with Crippen molar-refractivity contribution in [2.24, 2.45) is 0 Å². The number of nitrogens with zero attached hydrogens (tertiary/aromatic N) is 1. The Balaban J connectivity index is 2.28. The maximum Gasteiger partial charge on any atom is 0.239 e. The Morgan fingerprint density at radius 2 is 2.25 bits per heavy atom. The maximum atomic E-state index is 11.5. The molecule has 4 nitrogen and oxygen atoms in total. The fourth-order valence-electron chi connectivity index (χ4n) is 2.00. The molecule has 2 rings (SSSR count). The fourth-order valence-corrected chi connectivity index (χ4v) is 2.00. The first-order valence-electron chi connectivity index (χ1n) is 5.55. The number of nitrogens with one attached hydrogen (secondary N) is 1. The highest BCUT2D eigenvalue weighted by molar-refractivity contribution is 5.82. The van der Waals surface area contributed by atoms with Crippen LogP contribution in [-0.4, -0.2) is 25.5 Å². The molecule has 3 N–H and O–H groups in total. The number of nitrogens with two attached hydrogens (primary N) is 1. The Kier molecular flexibility index (Phi) is 2.99. The van der Waals surface area contributed by atoms with Gasteiger partial charge in [0, 0.05) is 24.5 Å². The fraction of sp³-hybridized carbons (Fsp3) is 0.417. The van der Waals surface area contributed by atoms with Crippen LogP contribution in [0.4, 0.5) is 11.4 Å². The number of carbonyl (C=O) groups is 1. The van der Waals surface area contributed by atoms with Crippen LogP contribution >= 0.6 is 0 Å². The summed E-state index contributed by atoms with van der Waals surface area (Å²) < 4.78 is 0. The van der Waals surface area contributed by atoms with Gasteiger partial charge >= 0.3 is 0 Å². The molecule has 0 saturated carbocycles. The molecule has 0 unspecified atom stereocenters. The molecule has 1 aliphatic rings. The minimum absolute atomic E-state index is 0.0827. The van der Waals surface area contributed by atoms with Crippen molar-refractivity contribution < 1.29 is 4.79 Å². The normalized spacial score (nSPS) is 16.8. The Labute approximate surface area is 95.4 Å². The van der Waals surface area contributed by atoms with E-state index in [-0.39, 0.29) is 5.91 Å². The Bertz CT molecular complexity index is 403. The van der Waals surface area contributed by atoms with Gasteiger partial charge in [-0.2, -0.15) is 0 Å². The molecule has 0 atom stereocenters. The van der Waals surface area contributed by atoms with E-state index in [1.54, 1.807) is 0 Å². The molecular weight excluding hydrogens is 202 g/mol. The molecular formula is C12H17N3O. The van der Waals surface area contributed by atoms with E-state index in [4.69, 9.17) is 5.73 Å². The molecule has 0 aliphatic carbocycles. The Morgan fingerprint density at radius 3 is 3.06 bits per heavy atom. The predicted octanol–water partition coefficient (Wildman–Crippen LogP) is 0.904. The average Bonchev–Trinajstić information content (AvgIpc) is 2.47. The van der Waals surface area contributed by atoms with Gasteiger partial charge in [0.05, 0.1) is 6.54 Å². The second-order valence-corrected chi connectivity index (χ2v) is 4.12. The zero-order valence-corrected chi connectivity index (χ0v) is 9.49. The van der Waals surface area contributed by atoms with Crippen LogP contribution in [0.5, 0.6) is 0 Å². The van der Waals surface area contributed by atoms with Gasteiger partial charge in [-0.15, -0.1) is 0 Å². The van der Waals surface area contributed by atoms with Gasteiger partial charge in [0.2, 0.25) is 5.91 Å². The maximum absolute atomic E-state index is 11.5. The van der Waals surface area contributed by atoms with E-state index in [0.717, 1.165) is 36.4 Å². The molecule has 1 fully saturated rings. The van der Waals surface area contributed by atoms with Crippen LogP contribution in [-0.2, 0) is 4.79 Å². The molecule has 1 aromatic carbocycles. The molecule has 16 heavy (non-hydrogen) atoms. The van der Waals surface area contributed by atoms with Crippen LogP contribution in [0, 0.1) is 6.92 Å². The summed E-state index contributed by atoms with van der Waals surface area (Å²) in [5.41, 5.74) is 8.77. The second-order valence-electron chi connectivity index (χ2n) is 4.12. The topological polar surface area (TPSA) is 58.4 Å². The molecule has 1 amide bonds. The molecule has 0 bridgehead atoms. The highest BCUT2D eigenvalue weighted by Crippen LogP contribution is 2.25. The first-order valence-corrected chi connectivity index (χ1v) is 5.55. The Hall–Kier alpha value is -1.71. The monoisotopic (exact) mass is 219 g/mol. The molecule has 0 aromatic heterocycles. The van der Waals surface area contributed by atoms with Crippen LogP contribution in [0.2, 0.25) is 0 Å². The number of anilines is 2. The predicted molar refractivity (Wildman–Crippen MR) is 65.4 cm³/mol. The van der Waals surface area contributed by atoms with Crippen molar-refractivity contribution in [1.82, 2.24) is 5.32 Å². The van der Waals surface area contributed by atoms with Crippen LogP contribution in [0.25, 0.3) is 0 Å². The Morgan fingerprint density at radius 1 is 1.44 bits per heavy atom. The van der Waals surface area contributed by atoms with Gasteiger partial charge in [0.25, 0.3) is 0 Å². The van der Waals surface area contributed by atoms with Gasteiger partial charge in [-0.25, -0.2) is 0 Å². The zero-order chi connectivity index (χ0) is 11.5. The van der Waals surface area contributed by atoms with E-state index >= 15 is 0 Å². The molecule has 1 aliphatic heterocycles. The van der Waals surface area contributed by atoms with Crippen molar-refractivity contribution in [1.29, 1.82) is 0 Å². The first-order chi connectivity index (χ1) is 7.68. The van der Waals surface area contributed by atoms with Gasteiger partial charge in [-0.05, 0) is 31.0 Å². The van der Waals surface area contributed by atoms with Crippen LogP contribution < -0.4 is 16.0 Å². The van der Waals surface area contributed by atoms with Crippen molar-refractivity contribution in [2.45, 2.75) is 13.3 Å². The number of amides is 1. The molecule has 0 radical (unpaired) electrons. The number of hydrogen-bond donors (Lipinski definition) is 2. The second kappa shape index (κ2) is 4.43. The first kappa shape index (κ1) is 10.8. The lowest BCUT2D eigenvalue weighted by atomic mass is 10.1. The third kappa shape index (κ3) is 2.10. The van der Waals surface area contributed by atoms with Crippen molar-refractivity contribution in [3.05, 3.63) is 23.8 Å². The SMILES string of the molecule is Cc1c(N)cccc1N1CCCNC(=O)C1. The molecule has 4 heteroatoms. The van der Waals surface area contributed by atoms with Gasteiger partial charge in [0.1, 0.15) is 0 Å². The zero-order valence-electron chi connectivity index (χ0n) is 9.49.